The number of hydrogen-bond acceptors (Lipinski definition) is 3. The molecule has 1 aromatic rings. The van der Waals surface area contributed by atoms with Crippen LogP contribution in [0.4, 0.5) is 4.79 Å². The Kier molecular flexibility index (Phi) is 7.17. The van der Waals surface area contributed by atoms with E-state index >= 15 is 0 Å². The molecule has 5 nitrogen and oxygen atoms in total. The molecule has 1 heterocycles. The summed E-state index contributed by atoms with van der Waals surface area (Å²) >= 11 is 6.06. The van der Waals surface area contributed by atoms with Gasteiger partial charge in [0.05, 0.1) is 6.61 Å². The molecule has 1 aliphatic carbocycles. The molecule has 1 unspecified atom stereocenters. The average molecular weight is 380 g/mol. The fourth-order valence-corrected chi connectivity index (χ4v) is 3.94. The summed E-state index contributed by atoms with van der Waals surface area (Å²) in [6, 6.07) is 8.39. The van der Waals surface area contributed by atoms with E-state index in [0.717, 1.165) is 44.3 Å². The van der Waals surface area contributed by atoms with Gasteiger partial charge in [-0.05, 0) is 56.3 Å². The zero-order chi connectivity index (χ0) is 18.4. The monoisotopic (exact) mass is 379 g/mol. The van der Waals surface area contributed by atoms with Gasteiger partial charge < -0.3 is 15.3 Å². The summed E-state index contributed by atoms with van der Waals surface area (Å²) in [5, 5.41) is 13.3. The van der Waals surface area contributed by atoms with Crippen LogP contribution in [0.15, 0.2) is 24.3 Å². The van der Waals surface area contributed by atoms with Crippen molar-refractivity contribution in [2.75, 3.05) is 26.2 Å². The molecule has 0 radical (unpaired) electrons. The van der Waals surface area contributed by atoms with Crippen LogP contribution in [0.2, 0.25) is 5.02 Å². The van der Waals surface area contributed by atoms with Crippen molar-refractivity contribution in [3.05, 3.63) is 34.9 Å². The number of urea groups is 1. The van der Waals surface area contributed by atoms with E-state index in [1.165, 1.54) is 12.8 Å². The maximum atomic E-state index is 12.6. The first-order valence-corrected chi connectivity index (χ1v) is 10.2. The highest BCUT2D eigenvalue weighted by Gasteiger charge is 2.32. The molecule has 1 aromatic carbocycles. The minimum absolute atomic E-state index is 0.0184. The molecule has 0 aromatic heterocycles. The number of carbonyl (C=O) groups is 1. The number of nitrogens with zero attached hydrogens (tertiary/aromatic N) is 2. The molecule has 0 spiro atoms. The number of likely N-dealkylation sites (tertiary alicyclic amines) is 1. The van der Waals surface area contributed by atoms with Gasteiger partial charge in [0.2, 0.25) is 0 Å². The van der Waals surface area contributed by atoms with Crippen LogP contribution >= 0.6 is 11.6 Å². The van der Waals surface area contributed by atoms with Gasteiger partial charge in [-0.25, -0.2) is 4.79 Å². The smallest absolute Gasteiger partial charge is 0.317 e. The van der Waals surface area contributed by atoms with Crippen LogP contribution in [-0.2, 0) is 6.54 Å². The molecule has 1 saturated heterocycles. The minimum Gasteiger partial charge on any atom is -0.395 e. The summed E-state index contributed by atoms with van der Waals surface area (Å²) in [7, 11) is 0. The number of piperidine rings is 1. The molecule has 1 aliphatic heterocycles. The molecule has 6 heteroatoms. The highest BCUT2D eigenvalue weighted by molar-refractivity contribution is 6.30. The average Bonchev–Trinajstić information content (AvgIpc) is 3.48. The van der Waals surface area contributed by atoms with Crippen LogP contribution < -0.4 is 5.32 Å². The van der Waals surface area contributed by atoms with E-state index < -0.39 is 0 Å². The van der Waals surface area contributed by atoms with Gasteiger partial charge in [-0.3, -0.25) is 4.90 Å². The van der Waals surface area contributed by atoms with Crippen LogP contribution in [0, 0.1) is 0 Å². The van der Waals surface area contributed by atoms with E-state index in [9.17, 15) is 9.90 Å². The maximum Gasteiger partial charge on any atom is 0.317 e. The van der Waals surface area contributed by atoms with E-state index in [1.54, 1.807) is 0 Å². The van der Waals surface area contributed by atoms with Crippen LogP contribution in [0.5, 0.6) is 0 Å². The largest absolute Gasteiger partial charge is 0.395 e. The second-order valence-electron chi connectivity index (χ2n) is 7.44. The first-order valence-electron chi connectivity index (χ1n) is 9.81. The number of benzene rings is 1. The van der Waals surface area contributed by atoms with E-state index in [1.807, 2.05) is 29.2 Å². The van der Waals surface area contributed by atoms with Gasteiger partial charge in [0, 0.05) is 36.7 Å². The van der Waals surface area contributed by atoms with Crippen molar-refractivity contribution in [2.24, 2.45) is 0 Å². The van der Waals surface area contributed by atoms with Crippen LogP contribution in [0.1, 0.15) is 44.1 Å². The van der Waals surface area contributed by atoms with Crippen molar-refractivity contribution in [2.45, 2.75) is 57.2 Å². The third kappa shape index (κ3) is 5.60. The highest BCUT2D eigenvalue weighted by atomic mass is 35.5. The Morgan fingerprint density at radius 1 is 1.31 bits per heavy atom. The van der Waals surface area contributed by atoms with Gasteiger partial charge in [0.1, 0.15) is 0 Å². The number of amides is 2. The number of hydrogen-bond donors (Lipinski definition) is 2. The van der Waals surface area contributed by atoms with Gasteiger partial charge in [-0.1, -0.05) is 30.2 Å². The quantitative estimate of drug-likeness (QED) is 0.682. The van der Waals surface area contributed by atoms with Gasteiger partial charge in [0.15, 0.2) is 0 Å². The maximum absolute atomic E-state index is 12.6. The van der Waals surface area contributed by atoms with Crippen molar-refractivity contribution >= 4 is 17.6 Å². The van der Waals surface area contributed by atoms with E-state index in [4.69, 9.17) is 11.6 Å². The summed E-state index contributed by atoms with van der Waals surface area (Å²) in [5.41, 5.74) is 1.07. The summed E-state index contributed by atoms with van der Waals surface area (Å²) < 4.78 is 0. The summed E-state index contributed by atoms with van der Waals surface area (Å²) in [5.74, 6) is 0. The van der Waals surface area contributed by atoms with E-state index in [-0.39, 0.29) is 12.6 Å². The number of rotatable bonds is 8. The lowest BCUT2D eigenvalue weighted by atomic mass is 10.0. The second kappa shape index (κ2) is 9.58. The summed E-state index contributed by atoms with van der Waals surface area (Å²) in [4.78, 5) is 16.9. The Morgan fingerprint density at radius 3 is 2.88 bits per heavy atom. The molecule has 2 N–H and O–H groups in total. The van der Waals surface area contributed by atoms with Crippen LogP contribution in [0.25, 0.3) is 0 Å². The summed E-state index contributed by atoms with van der Waals surface area (Å²) in [6.45, 7) is 3.51. The highest BCUT2D eigenvalue weighted by Crippen LogP contribution is 2.28. The van der Waals surface area contributed by atoms with Crippen molar-refractivity contribution in [1.82, 2.24) is 15.1 Å². The Bertz CT molecular complexity index is 594. The molecule has 144 valence electrons. The Hall–Kier alpha value is -1.30. The molecule has 1 atom stereocenters. The molecular weight excluding hydrogens is 350 g/mol. The third-order valence-corrected chi connectivity index (χ3v) is 5.58. The fourth-order valence-electron chi connectivity index (χ4n) is 3.73. The van der Waals surface area contributed by atoms with Crippen molar-refractivity contribution in [3.63, 3.8) is 0 Å². The second-order valence-corrected chi connectivity index (χ2v) is 7.88. The molecule has 2 fully saturated rings. The molecule has 2 aliphatic rings. The Morgan fingerprint density at radius 2 is 2.15 bits per heavy atom. The zero-order valence-electron chi connectivity index (χ0n) is 15.4. The molecule has 3 rings (SSSR count). The minimum atomic E-state index is 0.0184. The number of aliphatic hydroxyl groups excluding tert-OH is 1. The fraction of sp³-hybridized carbons (Fsp3) is 0.650. The number of halogens is 1. The number of aliphatic hydroxyl groups is 1. The van der Waals surface area contributed by atoms with Crippen molar-refractivity contribution in [3.8, 4) is 0 Å². The standard InChI is InChI=1S/C20H30ClN3O2/c21-17-6-3-5-16(13-17)14-24(18-8-9-18)20(26)22-10-4-12-23-11-2-1-7-19(23)15-25/h3,5-6,13,18-19,25H,1-2,4,7-12,14-15H2,(H,22,26). The predicted molar refractivity (Wildman–Crippen MR) is 104 cm³/mol. The van der Waals surface area contributed by atoms with Crippen molar-refractivity contribution < 1.29 is 9.90 Å². The topological polar surface area (TPSA) is 55.8 Å². The number of nitrogens with one attached hydrogen (secondary N) is 1. The lowest BCUT2D eigenvalue weighted by Gasteiger charge is -2.34. The van der Waals surface area contributed by atoms with Gasteiger partial charge in [0.25, 0.3) is 0 Å². The first-order chi connectivity index (χ1) is 12.7. The van der Waals surface area contributed by atoms with Gasteiger partial charge >= 0.3 is 6.03 Å². The number of carbonyl (C=O) groups excluding carboxylic acids is 1. The first kappa shape index (κ1) is 19.5. The van der Waals surface area contributed by atoms with Crippen LogP contribution in [-0.4, -0.2) is 59.3 Å². The molecule has 2 amide bonds. The lowest BCUT2D eigenvalue weighted by molar-refractivity contribution is 0.0892. The normalized spacial score (nSPS) is 20.8. The Labute approximate surface area is 161 Å². The molecule has 0 bridgehead atoms. The zero-order valence-corrected chi connectivity index (χ0v) is 16.1. The summed E-state index contributed by atoms with van der Waals surface area (Å²) in [6.07, 6.45) is 6.58. The SMILES string of the molecule is O=C(NCCCN1CCCCC1CO)N(Cc1cccc(Cl)c1)C1CC1. The molecular formula is C20H30ClN3O2. The molecule has 1 saturated carbocycles. The van der Waals surface area contributed by atoms with E-state index in [0.29, 0.717) is 30.2 Å². The van der Waals surface area contributed by atoms with E-state index in [2.05, 4.69) is 10.2 Å². The Balaban J connectivity index is 1.43. The molecule has 26 heavy (non-hydrogen) atoms. The van der Waals surface area contributed by atoms with Crippen molar-refractivity contribution in [1.29, 1.82) is 0 Å². The lowest BCUT2D eigenvalue weighted by Crippen LogP contribution is -2.44. The van der Waals surface area contributed by atoms with Gasteiger partial charge in [-0.15, -0.1) is 0 Å². The van der Waals surface area contributed by atoms with Crippen LogP contribution in [0.3, 0.4) is 0 Å². The third-order valence-electron chi connectivity index (χ3n) is 5.35. The van der Waals surface area contributed by atoms with Gasteiger partial charge in [-0.2, -0.15) is 0 Å². The predicted octanol–water partition coefficient (Wildman–Crippen LogP) is 3.25.